The number of hydrogen-bond acceptors (Lipinski definition) is 3. The summed E-state index contributed by atoms with van der Waals surface area (Å²) in [5, 5.41) is 2.88. The molecule has 130 valence electrons. The van der Waals surface area contributed by atoms with Gasteiger partial charge in [0.25, 0.3) is 0 Å². The molecule has 5 heteroatoms. The van der Waals surface area contributed by atoms with Crippen LogP contribution < -0.4 is 5.32 Å². The summed E-state index contributed by atoms with van der Waals surface area (Å²) in [6.07, 6.45) is 9.65. The van der Waals surface area contributed by atoms with Crippen molar-refractivity contribution in [3.8, 4) is 0 Å². The maximum absolute atomic E-state index is 12.1. The molecule has 1 heterocycles. The number of allylic oxidation sites excluding steroid dienone is 3. The quantitative estimate of drug-likeness (QED) is 0.624. The number of carbonyl (C=O) groups is 2. The van der Waals surface area contributed by atoms with Crippen LogP contribution in [0.3, 0.4) is 0 Å². The van der Waals surface area contributed by atoms with Gasteiger partial charge < -0.3 is 15.0 Å². The zero-order valence-electron chi connectivity index (χ0n) is 14.8. The summed E-state index contributed by atoms with van der Waals surface area (Å²) in [6.45, 7) is 9.63. The summed E-state index contributed by atoms with van der Waals surface area (Å²) in [6, 6.07) is 0. The molecule has 1 rings (SSSR count). The molecule has 0 aromatic rings. The number of nitrogens with one attached hydrogen (secondary N) is 1. The minimum Gasteiger partial charge on any atom is -0.444 e. The lowest BCUT2D eigenvalue weighted by Crippen LogP contribution is -2.43. The maximum Gasteiger partial charge on any atom is 0.410 e. The number of ether oxygens (including phenoxy) is 1. The SMILES string of the molecule is CC=CC=CC(=O)NCCC1CCCN(C(=O)OC(C)(C)C)C1. The molecule has 0 aromatic carbocycles. The third-order valence-electron chi connectivity index (χ3n) is 3.57. The van der Waals surface area contributed by atoms with Gasteiger partial charge in [-0.15, -0.1) is 0 Å². The molecule has 1 aliphatic heterocycles. The first-order valence-electron chi connectivity index (χ1n) is 8.37. The Hall–Kier alpha value is -1.78. The van der Waals surface area contributed by atoms with Gasteiger partial charge in [0.2, 0.25) is 5.91 Å². The van der Waals surface area contributed by atoms with E-state index in [1.54, 1.807) is 11.0 Å². The Labute approximate surface area is 139 Å². The summed E-state index contributed by atoms with van der Waals surface area (Å²) in [4.78, 5) is 25.5. The lowest BCUT2D eigenvalue weighted by atomic mass is 9.95. The van der Waals surface area contributed by atoms with Crippen LogP contribution in [0.25, 0.3) is 0 Å². The number of nitrogens with zero attached hydrogens (tertiary/aromatic N) is 1. The highest BCUT2D eigenvalue weighted by Crippen LogP contribution is 2.21. The largest absolute Gasteiger partial charge is 0.444 e. The number of hydrogen-bond donors (Lipinski definition) is 1. The molecule has 0 spiro atoms. The molecule has 0 aromatic heterocycles. The molecule has 0 bridgehead atoms. The average Bonchev–Trinajstić information content (AvgIpc) is 2.46. The van der Waals surface area contributed by atoms with Crippen molar-refractivity contribution in [1.82, 2.24) is 10.2 Å². The Bertz CT molecular complexity index is 450. The molecule has 1 fully saturated rings. The van der Waals surface area contributed by atoms with E-state index in [0.29, 0.717) is 19.0 Å². The smallest absolute Gasteiger partial charge is 0.410 e. The third kappa shape index (κ3) is 8.43. The fourth-order valence-corrected chi connectivity index (χ4v) is 2.51. The predicted molar refractivity (Wildman–Crippen MR) is 92.1 cm³/mol. The van der Waals surface area contributed by atoms with Crippen molar-refractivity contribution >= 4 is 12.0 Å². The van der Waals surface area contributed by atoms with Gasteiger partial charge in [-0.1, -0.05) is 18.2 Å². The molecule has 1 N–H and O–H groups in total. The molecular weight excluding hydrogens is 292 g/mol. The molecule has 23 heavy (non-hydrogen) atoms. The monoisotopic (exact) mass is 322 g/mol. The summed E-state index contributed by atoms with van der Waals surface area (Å²) < 4.78 is 5.42. The highest BCUT2D eigenvalue weighted by molar-refractivity contribution is 5.87. The summed E-state index contributed by atoms with van der Waals surface area (Å²) in [5.74, 6) is 0.332. The van der Waals surface area contributed by atoms with Crippen LogP contribution in [-0.4, -0.2) is 42.1 Å². The van der Waals surface area contributed by atoms with E-state index in [9.17, 15) is 9.59 Å². The van der Waals surface area contributed by atoms with E-state index in [4.69, 9.17) is 4.74 Å². The van der Waals surface area contributed by atoms with Crippen molar-refractivity contribution in [1.29, 1.82) is 0 Å². The first kappa shape index (κ1) is 19.3. The molecule has 1 aliphatic rings. The topological polar surface area (TPSA) is 58.6 Å². The van der Waals surface area contributed by atoms with Gasteiger partial charge in [-0.3, -0.25) is 4.79 Å². The molecule has 1 atom stereocenters. The molecule has 0 aliphatic carbocycles. The first-order valence-corrected chi connectivity index (χ1v) is 8.37. The van der Waals surface area contributed by atoms with E-state index < -0.39 is 5.60 Å². The van der Waals surface area contributed by atoms with Crippen LogP contribution in [0.15, 0.2) is 24.3 Å². The van der Waals surface area contributed by atoms with E-state index in [0.717, 1.165) is 25.8 Å². The minimum absolute atomic E-state index is 0.0806. The van der Waals surface area contributed by atoms with E-state index >= 15 is 0 Å². The normalized spacial score (nSPS) is 19.3. The highest BCUT2D eigenvalue weighted by atomic mass is 16.6. The molecule has 0 saturated carbocycles. The number of likely N-dealkylation sites (tertiary alicyclic amines) is 1. The Morgan fingerprint density at radius 1 is 1.30 bits per heavy atom. The van der Waals surface area contributed by atoms with Crippen molar-refractivity contribution in [2.45, 2.75) is 52.6 Å². The Morgan fingerprint density at radius 2 is 2.04 bits per heavy atom. The maximum atomic E-state index is 12.1. The second kappa shape index (κ2) is 9.38. The van der Waals surface area contributed by atoms with Gasteiger partial charge in [-0.05, 0) is 52.9 Å². The van der Waals surface area contributed by atoms with Gasteiger partial charge in [0, 0.05) is 25.7 Å². The first-order chi connectivity index (χ1) is 10.8. The lowest BCUT2D eigenvalue weighted by molar-refractivity contribution is -0.116. The number of rotatable bonds is 5. The fourth-order valence-electron chi connectivity index (χ4n) is 2.51. The summed E-state index contributed by atoms with van der Waals surface area (Å²) >= 11 is 0. The van der Waals surface area contributed by atoms with E-state index in [-0.39, 0.29) is 12.0 Å². The van der Waals surface area contributed by atoms with Crippen LogP contribution in [-0.2, 0) is 9.53 Å². The minimum atomic E-state index is -0.461. The van der Waals surface area contributed by atoms with Gasteiger partial charge in [0.1, 0.15) is 5.60 Å². The Kier molecular flexibility index (Phi) is 7.86. The average molecular weight is 322 g/mol. The molecule has 1 unspecified atom stereocenters. The fraction of sp³-hybridized carbons (Fsp3) is 0.667. The Balaban J connectivity index is 2.33. The summed E-state index contributed by atoms with van der Waals surface area (Å²) in [5.41, 5.74) is -0.461. The third-order valence-corrected chi connectivity index (χ3v) is 3.57. The zero-order chi connectivity index (χ0) is 17.3. The van der Waals surface area contributed by atoms with Gasteiger partial charge in [0.05, 0.1) is 0 Å². The molecule has 5 nitrogen and oxygen atoms in total. The van der Waals surface area contributed by atoms with E-state index in [1.807, 2.05) is 39.8 Å². The van der Waals surface area contributed by atoms with E-state index in [1.165, 1.54) is 6.08 Å². The van der Waals surface area contributed by atoms with Crippen molar-refractivity contribution < 1.29 is 14.3 Å². The number of amides is 2. The number of carbonyl (C=O) groups excluding carboxylic acids is 2. The van der Waals surface area contributed by atoms with Crippen LogP contribution >= 0.6 is 0 Å². The van der Waals surface area contributed by atoms with Gasteiger partial charge in [0.15, 0.2) is 0 Å². The van der Waals surface area contributed by atoms with Crippen molar-refractivity contribution in [2.24, 2.45) is 5.92 Å². The summed E-state index contributed by atoms with van der Waals surface area (Å²) in [7, 11) is 0. The lowest BCUT2D eigenvalue weighted by Gasteiger charge is -2.34. The van der Waals surface area contributed by atoms with Crippen LogP contribution in [0.2, 0.25) is 0 Å². The zero-order valence-corrected chi connectivity index (χ0v) is 14.8. The Morgan fingerprint density at radius 3 is 2.70 bits per heavy atom. The number of piperidine rings is 1. The van der Waals surface area contributed by atoms with Gasteiger partial charge in [-0.25, -0.2) is 4.79 Å². The van der Waals surface area contributed by atoms with Gasteiger partial charge >= 0.3 is 6.09 Å². The second-order valence-electron chi connectivity index (χ2n) is 6.90. The van der Waals surface area contributed by atoms with Crippen molar-refractivity contribution in [3.63, 3.8) is 0 Å². The molecular formula is C18H30N2O3. The van der Waals surface area contributed by atoms with E-state index in [2.05, 4.69) is 5.32 Å². The molecule has 2 amide bonds. The van der Waals surface area contributed by atoms with Crippen LogP contribution in [0, 0.1) is 5.92 Å². The predicted octanol–water partition coefficient (Wildman–Crippen LogP) is 3.27. The van der Waals surface area contributed by atoms with Crippen LogP contribution in [0.5, 0.6) is 0 Å². The van der Waals surface area contributed by atoms with Crippen molar-refractivity contribution in [3.05, 3.63) is 24.3 Å². The molecule has 0 radical (unpaired) electrons. The highest BCUT2D eigenvalue weighted by Gasteiger charge is 2.27. The molecule has 1 saturated heterocycles. The van der Waals surface area contributed by atoms with Gasteiger partial charge in [-0.2, -0.15) is 0 Å². The second-order valence-corrected chi connectivity index (χ2v) is 6.90. The van der Waals surface area contributed by atoms with Crippen LogP contribution in [0.4, 0.5) is 4.79 Å². The van der Waals surface area contributed by atoms with Crippen molar-refractivity contribution in [2.75, 3.05) is 19.6 Å². The van der Waals surface area contributed by atoms with Crippen LogP contribution in [0.1, 0.15) is 47.0 Å². The standard InChI is InChI=1S/C18H30N2O3/c1-5-6-7-10-16(21)19-12-11-15-9-8-13-20(14-15)17(22)23-18(2,3)4/h5-7,10,15H,8-9,11-14H2,1-4H3,(H,19,21).